The lowest BCUT2D eigenvalue weighted by atomic mass is 10.2. The van der Waals surface area contributed by atoms with Gasteiger partial charge in [-0.15, -0.1) is 0 Å². The Morgan fingerprint density at radius 1 is 0.875 bits per heavy atom. The molecule has 0 saturated heterocycles. The maximum absolute atomic E-state index is 11.9. The van der Waals surface area contributed by atoms with Gasteiger partial charge in [-0.05, 0) is 48.5 Å². The molecule has 0 aromatic heterocycles. The van der Waals surface area contributed by atoms with Crippen molar-refractivity contribution in [2.75, 3.05) is 22.5 Å². The van der Waals surface area contributed by atoms with Crippen molar-refractivity contribution in [2.45, 2.75) is 13.8 Å². The summed E-state index contributed by atoms with van der Waals surface area (Å²) in [4.78, 5) is 23.5. The van der Waals surface area contributed by atoms with Crippen LogP contribution in [0.4, 0.5) is 17.1 Å². The second kappa shape index (κ2) is 8.49. The molecule has 0 atom stereocenters. The van der Waals surface area contributed by atoms with E-state index in [1.165, 1.54) is 0 Å². The number of nitrogens with one attached hydrogen (secondary N) is 3. The Hall–Kier alpha value is -2.34. The zero-order chi connectivity index (χ0) is 17.5. The van der Waals surface area contributed by atoms with E-state index in [9.17, 15) is 9.59 Å². The molecule has 0 fully saturated rings. The zero-order valence-electron chi connectivity index (χ0n) is 13.6. The van der Waals surface area contributed by atoms with Crippen LogP contribution in [-0.4, -0.2) is 18.4 Å². The van der Waals surface area contributed by atoms with Gasteiger partial charge in [-0.1, -0.05) is 29.8 Å². The Bertz CT molecular complexity index is 697. The van der Waals surface area contributed by atoms with Gasteiger partial charge in [-0.25, -0.2) is 0 Å². The van der Waals surface area contributed by atoms with Crippen LogP contribution in [0, 0.1) is 5.92 Å². The van der Waals surface area contributed by atoms with Crippen LogP contribution in [0.15, 0.2) is 53.0 Å². The van der Waals surface area contributed by atoms with Crippen molar-refractivity contribution < 1.29 is 9.59 Å². The second-order valence-corrected chi connectivity index (χ2v) is 6.55. The summed E-state index contributed by atoms with van der Waals surface area (Å²) < 4.78 is 0.961. The van der Waals surface area contributed by atoms with E-state index in [4.69, 9.17) is 0 Å². The molecule has 5 nitrogen and oxygen atoms in total. The van der Waals surface area contributed by atoms with Crippen LogP contribution in [0.25, 0.3) is 0 Å². The summed E-state index contributed by atoms with van der Waals surface area (Å²) in [5.41, 5.74) is 2.29. The van der Waals surface area contributed by atoms with Crippen LogP contribution in [0.2, 0.25) is 0 Å². The third-order valence-corrected chi connectivity index (χ3v) is 3.79. The minimum Gasteiger partial charge on any atom is -0.376 e. The molecule has 2 aromatic rings. The van der Waals surface area contributed by atoms with E-state index >= 15 is 0 Å². The SMILES string of the molecule is CC(C)C(=O)Nc1ccc(NCC(=O)Nc2ccc(Br)cc2)cc1. The van der Waals surface area contributed by atoms with E-state index < -0.39 is 0 Å². The molecule has 24 heavy (non-hydrogen) atoms. The Morgan fingerprint density at radius 3 is 1.96 bits per heavy atom. The molecule has 0 bridgehead atoms. The summed E-state index contributed by atoms with van der Waals surface area (Å²) >= 11 is 3.35. The predicted octanol–water partition coefficient (Wildman–Crippen LogP) is 4.09. The van der Waals surface area contributed by atoms with Crippen molar-refractivity contribution in [2.24, 2.45) is 5.92 Å². The minimum absolute atomic E-state index is 0.0235. The first-order valence-corrected chi connectivity index (χ1v) is 8.43. The van der Waals surface area contributed by atoms with E-state index in [-0.39, 0.29) is 24.3 Å². The number of hydrogen-bond acceptors (Lipinski definition) is 3. The highest BCUT2D eigenvalue weighted by Crippen LogP contribution is 2.15. The van der Waals surface area contributed by atoms with Crippen molar-refractivity contribution in [3.05, 3.63) is 53.0 Å². The molecule has 0 aliphatic rings. The van der Waals surface area contributed by atoms with Gasteiger partial charge in [0.25, 0.3) is 0 Å². The zero-order valence-corrected chi connectivity index (χ0v) is 15.2. The monoisotopic (exact) mass is 389 g/mol. The van der Waals surface area contributed by atoms with Crippen molar-refractivity contribution in [1.29, 1.82) is 0 Å². The number of halogens is 1. The highest BCUT2D eigenvalue weighted by Gasteiger charge is 2.07. The molecule has 2 amide bonds. The van der Waals surface area contributed by atoms with E-state index in [0.29, 0.717) is 0 Å². The Kier molecular flexibility index (Phi) is 6.37. The van der Waals surface area contributed by atoms with Crippen LogP contribution in [0.3, 0.4) is 0 Å². The topological polar surface area (TPSA) is 70.2 Å². The van der Waals surface area contributed by atoms with E-state index in [1.807, 2.05) is 50.2 Å². The summed E-state index contributed by atoms with van der Waals surface area (Å²) in [6.07, 6.45) is 0. The van der Waals surface area contributed by atoms with Crippen LogP contribution in [0.1, 0.15) is 13.8 Å². The Balaban J connectivity index is 1.82. The predicted molar refractivity (Wildman–Crippen MR) is 101 cm³/mol. The number of rotatable bonds is 6. The molecule has 3 N–H and O–H groups in total. The lowest BCUT2D eigenvalue weighted by Crippen LogP contribution is -2.21. The molecule has 0 saturated carbocycles. The van der Waals surface area contributed by atoms with E-state index in [2.05, 4.69) is 31.9 Å². The first-order valence-electron chi connectivity index (χ1n) is 7.64. The molecule has 6 heteroatoms. The second-order valence-electron chi connectivity index (χ2n) is 5.63. The molecule has 0 heterocycles. The van der Waals surface area contributed by atoms with Gasteiger partial charge in [-0.2, -0.15) is 0 Å². The fraction of sp³-hybridized carbons (Fsp3) is 0.222. The molecule has 0 spiro atoms. The number of benzene rings is 2. The molecule has 0 aliphatic heterocycles. The largest absolute Gasteiger partial charge is 0.376 e. The number of hydrogen-bond donors (Lipinski definition) is 3. The molecule has 0 unspecified atom stereocenters. The van der Waals surface area contributed by atoms with Gasteiger partial charge in [0.15, 0.2) is 0 Å². The lowest BCUT2D eigenvalue weighted by molar-refractivity contribution is -0.119. The van der Waals surface area contributed by atoms with Gasteiger partial charge in [0, 0.05) is 27.5 Å². The fourth-order valence-electron chi connectivity index (χ4n) is 1.88. The molecular weight excluding hydrogens is 370 g/mol. The number of carbonyl (C=O) groups excluding carboxylic acids is 2. The highest BCUT2D eigenvalue weighted by molar-refractivity contribution is 9.10. The summed E-state index contributed by atoms with van der Waals surface area (Å²) in [6, 6.07) is 14.6. The summed E-state index contributed by atoms with van der Waals surface area (Å²) in [5, 5.41) is 8.68. The first-order chi connectivity index (χ1) is 11.4. The van der Waals surface area contributed by atoms with E-state index in [1.54, 1.807) is 12.1 Å². The Morgan fingerprint density at radius 2 is 1.38 bits per heavy atom. The van der Waals surface area contributed by atoms with Crippen molar-refractivity contribution in [3.63, 3.8) is 0 Å². The van der Waals surface area contributed by atoms with Crippen molar-refractivity contribution >= 4 is 44.8 Å². The van der Waals surface area contributed by atoms with Gasteiger partial charge in [-0.3, -0.25) is 9.59 Å². The minimum atomic E-state index is -0.130. The van der Waals surface area contributed by atoms with Crippen molar-refractivity contribution in [3.8, 4) is 0 Å². The Labute approximate surface area is 150 Å². The summed E-state index contributed by atoms with van der Waals surface area (Å²) in [7, 11) is 0. The number of amides is 2. The molecule has 2 aromatic carbocycles. The fourth-order valence-corrected chi connectivity index (χ4v) is 2.14. The molecule has 0 radical (unpaired) electrons. The maximum Gasteiger partial charge on any atom is 0.243 e. The average Bonchev–Trinajstić information content (AvgIpc) is 2.56. The number of carbonyl (C=O) groups is 2. The van der Waals surface area contributed by atoms with Gasteiger partial charge in [0.1, 0.15) is 0 Å². The van der Waals surface area contributed by atoms with Gasteiger partial charge in [0.2, 0.25) is 11.8 Å². The summed E-state index contributed by atoms with van der Waals surface area (Å²) in [5.74, 6) is -0.218. The van der Waals surface area contributed by atoms with Crippen LogP contribution in [-0.2, 0) is 9.59 Å². The molecular formula is C18H20BrN3O2. The van der Waals surface area contributed by atoms with Gasteiger partial charge >= 0.3 is 0 Å². The lowest BCUT2D eigenvalue weighted by Gasteiger charge is -2.10. The summed E-state index contributed by atoms with van der Waals surface area (Å²) in [6.45, 7) is 3.85. The standard InChI is InChI=1S/C18H20BrN3O2/c1-12(2)18(24)22-16-9-7-14(8-10-16)20-11-17(23)21-15-5-3-13(19)4-6-15/h3-10,12,20H,11H2,1-2H3,(H,21,23)(H,22,24). The number of anilines is 3. The van der Waals surface area contributed by atoms with Crippen LogP contribution < -0.4 is 16.0 Å². The first kappa shape index (κ1) is 18.0. The maximum atomic E-state index is 11.9. The molecule has 126 valence electrons. The molecule has 2 rings (SSSR count). The van der Waals surface area contributed by atoms with Crippen LogP contribution >= 0.6 is 15.9 Å². The van der Waals surface area contributed by atoms with Crippen molar-refractivity contribution in [1.82, 2.24) is 0 Å². The third kappa shape index (κ3) is 5.70. The van der Waals surface area contributed by atoms with Gasteiger partial charge in [0.05, 0.1) is 6.54 Å². The van der Waals surface area contributed by atoms with Crippen LogP contribution in [0.5, 0.6) is 0 Å². The van der Waals surface area contributed by atoms with Gasteiger partial charge < -0.3 is 16.0 Å². The third-order valence-electron chi connectivity index (χ3n) is 3.26. The normalized spacial score (nSPS) is 10.3. The average molecular weight is 390 g/mol. The van der Waals surface area contributed by atoms with E-state index in [0.717, 1.165) is 21.5 Å². The highest BCUT2D eigenvalue weighted by atomic mass is 79.9. The smallest absolute Gasteiger partial charge is 0.243 e. The quantitative estimate of drug-likeness (QED) is 0.696. The molecule has 0 aliphatic carbocycles.